The summed E-state index contributed by atoms with van der Waals surface area (Å²) < 4.78 is 10.9. The van der Waals surface area contributed by atoms with Crippen LogP contribution < -0.4 is 15.5 Å². The van der Waals surface area contributed by atoms with Crippen molar-refractivity contribution in [3.63, 3.8) is 0 Å². The molecule has 1 atom stereocenters. The van der Waals surface area contributed by atoms with Crippen LogP contribution in [0.25, 0.3) is 0 Å². The number of ether oxygens (including phenoxy) is 2. The lowest BCUT2D eigenvalue weighted by Gasteiger charge is -2.37. The molecule has 8 heteroatoms. The van der Waals surface area contributed by atoms with E-state index in [2.05, 4.69) is 46.7 Å². The van der Waals surface area contributed by atoms with Crippen molar-refractivity contribution in [1.82, 2.24) is 5.32 Å². The first-order valence-electron chi connectivity index (χ1n) is 11.3. The number of benzene rings is 2. The Hall–Kier alpha value is -3.28. The van der Waals surface area contributed by atoms with Crippen molar-refractivity contribution < 1.29 is 19.4 Å². The lowest BCUT2D eigenvalue weighted by atomic mass is 9.97. The minimum absolute atomic E-state index is 0.125. The van der Waals surface area contributed by atoms with Crippen LogP contribution in [0, 0.1) is 11.3 Å². The minimum Gasteiger partial charge on any atom is -0.465 e. The number of carboxylic acid groups (broad SMARTS) is 1. The van der Waals surface area contributed by atoms with Crippen molar-refractivity contribution >= 4 is 23.2 Å². The Morgan fingerprint density at radius 2 is 2.00 bits per heavy atom. The smallest absolute Gasteiger partial charge is 0.404 e. The van der Waals surface area contributed by atoms with Gasteiger partial charge in [0.25, 0.3) is 0 Å². The molecule has 8 nitrogen and oxygen atoms in total. The molecule has 0 spiro atoms. The van der Waals surface area contributed by atoms with Crippen LogP contribution in [0.15, 0.2) is 42.5 Å². The van der Waals surface area contributed by atoms with Gasteiger partial charge in [0.1, 0.15) is 0 Å². The van der Waals surface area contributed by atoms with Gasteiger partial charge >= 0.3 is 6.09 Å². The summed E-state index contributed by atoms with van der Waals surface area (Å²) in [6.45, 7) is 5.18. The van der Waals surface area contributed by atoms with E-state index in [1.165, 1.54) is 0 Å². The fraction of sp³-hybridized carbons (Fsp3) is 0.440. The van der Waals surface area contributed by atoms with Gasteiger partial charge in [-0.25, -0.2) is 4.79 Å². The van der Waals surface area contributed by atoms with Crippen LogP contribution in [-0.4, -0.2) is 57.3 Å². The molecule has 1 unspecified atom stereocenters. The highest BCUT2D eigenvalue weighted by Gasteiger charge is 2.24. The van der Waals surface area contributed by atoms with Crippen molar-refractivity contribution in [2.45, 2.75) is 31.7 Å². The van der Waals surface area contributed by atoms with Crippen LogP contribution in [0.3, 0.4) is 0 Å². The van der Waals surface area contributed by atoms with Crippen molar-refractivity contribution in [2.24, 2.45) is 0 Å². The average molecular weight is 453 g/mol. The molecule has 1 aliphatic rings. The highest BCUT2D eigenvalue weighted by Crippen LogP contribution is 2.35. The number of nitriles is 1. The van der Waals surface area contributed by atoms with E-state index in [1.54, 1.807) is 19.2 Å². The molecule has 0 bridgehead atoms. The van der Waals surface area contributed by atoms with E-state index in [9.17, 15) is 4.79 Å². The maximum Gasteiger partial charge on any atom is 0.404 e. The zero-order valence-electron chi connectivity index (χ0n) is 19.2. The first kappa shape index (κ1) is 24.4. The number of hydrogen-bond acceptors (Lipinski definition) is 6. The summed E-state index contributed by atoms with van der Waals surface area (Å²) in [5, 5.41) is 24.2. The summed E-state index contributed by atoms with van der Waals surface area (Å²) in [6.07, 6.45) is 0.891. The van der Waals surface area contributed by atoms with Gasteiger partial charge in [-0.2, -0.15) is 5.26 Å². The summed E-state index contributed by atoms with van der Waals surface area (Å²) in [7, 11) is 1.61. The van der Waals surface area contributed by atoms with E-state index in [-0.39, 0.29) is 12.5 Å². The van der Waals surface area contributed by atoms with Crippen LogP contribution in [-0.2, 0) is 9.47 Å². The fourth-order valence-electron chi connectivity index (χ4n) is 4.25. The van der Waals surface area contributed by atoms with Crippen LogP contribution in [0.4, 0.5) is 21.9 Å². The topological polar surface area (TPSA) is 107 Å². The molecule has 1 fully saturated rings. The quantitative estimate of drug-likeness (QED) is 0.493. The number of nitrogens with one attached hydrogen (secondary N) is 2. The second-order valence-corrected chi connectivity index (χ2v) is 8.06. The molecular formula is C25H32N4O4. The third kappa shape index (κ3) is 6.60. The third-order valence-electron chi connectivity index (χ3n) is 5.93. The molecule has 3 rings (SSSR count). The summed E-state index contributed by atoms with van der Waals surface area (Å²) in [5.41, 5.74) is 4.48. The number of anilines is 3. The lowest BCUT2D eigenvalue weighted by Crippen LogP contribution is -2.39. The molecule has 2 aromatic carbocycles. The van der Waals surface area contributed by atoms with Gasteiger partial charge in [-0.05, 0) is 61.7 Å². The Bertz CT molecular complexity index is 952. The summed E-state index contributed by atoms with van der Waals surface area (Å²) >= 11 is 0. The summed E-state index contributed by atoms with van der Waals surface area (Å²) in [6, 6.07) is 16.1. The molecule has 0 saturated carbocycles. The van der Waals surface area contributed by atoms with Crippen molar-refractivity contribution in [3.05, 3.63) is 53.6 Å². The number of nitrogens with zero attached hydrogens (tertiary/aromatic N) is 2. The molecule has 0 aliphatic carbocycles. The van der Waals surface area contributed by atoms with Crippen molar-refractivity contribution in [2.75, 3.05) is 50.2 Å². The van der Waals surface area contributed by atoms with Gasteiger partial charge in [-0.15, -0.1) is 0 Å². The zero-order chi connectivity index (χ0) is 23.6. The van der Waals surface area contributed by atoms with Gasteiger partial charge in [0, 0.05) is 51.1 Å². The second kappa shape index (κ2) is 12.1. The zero-order valence-corrected chi connectivity index (χ0v) is 19.2. The molecule has 2 aromatic rings. The Labute approximate surface area is 195 Å². The molecule has 0 radical (unpaired) electrons. The van der Waals surface area contributed by atoms with Gasteiger partial charge in [-0.1, -0.05) is 6.07 Å². The van der Waals surface area contributed by atoms with Crippen LogP contribution in [0.2, 0.25) is 0 Å². The first-order chi connectivity index (χ1) is 16.0. The summed E-state index contributed by atoms with van der Waals surface area (Å²) in [5.74, 6) is -0.125. The SMILES string of the molecule is CCN(c1ccc(C(CNC(=O)O)COC)cc1Nc1ccc(C#N)cc1)C1CCOCC1. The fourth-order valence-corrected chi connectivity index (χ4v) is 4.25. The van der Waals surface area contributed by atoms with E-state index in [4.69, 9.17) is 19.8 Å². The highest BCUT2D eigenvalue weighted by molar-refractivity contribution is 5.77. The largest absolute Gasteiger partial charge is 0.465 e. The third-order valence-corrected chi connectivity index (χ3v) is 5.93. The van der Waals surface area contributed by atoms with Crippen LogP contribution >= 0.6 is 0 Å². The minimum atomic E-state index is -1.06. The first-order valence-corrected chi connectivity index (χ1v) is 11.3. The van der Waals surface area contributed by atoms with E-state index in [1.807, 2.05) is 12.1 Å². The molecular weight excluding hydrogens is 420 g/mol. The molecule has 176 valence electrons. The summed E-state index contributed by atoms with van der Waals surface area (Å²) in [4.78, 5) is 13.5. The number of methoxy groups -OCH3 is 1. The highest BCUT2D eigenvalue weighted by atomic mass is 16.5. The number of rotatable bonds is 10. The second-order valence-electron chi connectivity index (χ2n) is 8.06. The predicted molar refractivity (Wildman–Crippen MR) is 128 cm³/mol. The molecule has 1 aliphatic heterocycles. The average Bonchev–Trinajstić information content (AvgIpc) is 2.84. The van der Waals surface area contributed by atoms with E-state index < -0.39 is 6.09 Å². The number of hydrogen-bond donors (Lipinski definition) is 3. The maximum absolute atomic E-state index is 11.1. The Morgan fingerprint density at radius 3 is 2.61 bits per heavy atom. The van der Waals surface area contributed by atoms with Gasteiger partial charge in [0.2, 0.25) is 0 Å². The monoisotopic (exact) mass is 452 g/mol. The predicted octanol–water partition coefficient (Wildman–Crippen LogP) is 4.30. The van der Waals surface area contributed by atoms with Crippen molar-refractivity contribution in [1.29, 1.82) is 5.26 Å². The van der Waals surface area contributed by atoms with Gasteiger partial charge < -0.3 is 30.1 Å². The number of amides is 1. The van der Waals surface area contributed by atoms with E-state index >= 15 is 0 Å². The van der Waals surface area contributed by atoms with Gasteiger partial charge in [-0.3, -0.25) is 0 Å². The molecule has 0 aromatic heterocycles. The molecule has 3 N–H and O–H groups in total. The van der Waals surface area contributed by atoms with Crippen molar-refractivity contribution in [3.8, 4) is 6.07 Å². The maximum atomic E-state index is 11.1. The van der Waals surface area contributed by atoms with Crippen LogP contribution in [0.5, 0.6) is 0 Å². The Kier molecular flexibility index (Phi) is 8.93. The van der Waals surface area contributed by atoms with Gasteiger partial charge in [0.15, 0.2) is 0 Å². The normalized spacial score (nSPS) is 14.8. The van der Waals surface area contributed by atoms with E-state index in [0.717, 1.165) is 55.2 Å². The number of carbonyl (C=O) groups is 1. The molecule has 1 saturated heterocycles. The standard InChI is InChI=1S/C25H32N4O4/c1-3-29(22-10-12-33-13-11-22)24-9-6-19(20(17-32-2)16-27-25(30)31)14-23(24)28-21-7-4-18(15-26)5-8-21/h4-9,14,20,22,27-28H,3,10-13,16-17H2,1-2H3,(H,30,31). The molecule has 33 heavy (non-hydrogen) atoms. The van der Waals surface area contributed by atoms with E-state index in [0.29, 0.717) is 18.2 Å². The van der Waals surface area contributed by atoms with Crippen LogP contribution in [0.1, 0.15) is 36.8 Å². The molecule has 1 heterocycles. The molecule has 1 amide bonds. The Balaban J connectivity index is 1.97. The lowest BCUT2D eigenvalue weighted by molar-refractivity contribution is 0.0846. The Morgan fingerprint density at radius 1 is 1.27 bits per heavy atom. The van der Waals surface area contributed by atoms with Gasteiger partial charge in [0.05, 0.1) is 29.6 Å².